The van der Waals surface area contributed by atoms with Gasteiger partial charge in [0.15, 0.2) is 0 Å². The highest BCUT2D eigenvalue weighted by atomic mass is 79.9. The molecule has 0 fully saturated rings. The molecule has 1 unspecified atom stereocenters. The fraction of sp³-hybridized carbons (Fsp3) is 0.364. The van der Waals surface area contributed by atoms with Crippen LogP contribution < -0.4 is 4.90 Å². The molecule has 0 aromatic heterocycles. The fourth-order valence-corrected chi connectivity index (χ4v) is 2.29. The lowest BCUT2D eigenvalue weighted by Gasteiger charge is -2.14. The number of hydrogen-bond acceptors (Lipinski definition) is 1. The Morgan fingerprint density at radius 3 is 2.93 bits per heavy atom. The van der Waals surface area contributed by atoms with Gasteiger partial charge in [-0.2, -0.15) is 0 Å². The summed E-state index contributed by atoms with van der Waals surface area (Å²) >= 11 is 3.42. The van der Waals surface area contributed by atoms with E-state index in [2.05, 4.69) is 28.9 Å². The van der Waals surface area contributed by atoms with Crippen molar-refractivity contribution in [2.75, 3.05) is 11.4 Å². The van der Waals surface area contributed by atoms with E-state index >= 15 is 0 Å². The van der Waals surface area contributed by atoms with Crippen LogP contribution in [-0.2, 0) is 4.79 Å². The molecule has 0 saturated heterocycles. The lowest BCUT2D eigenvalue weighted by molar-refractivity contribution is -0.116. The van der Waals surface area contributed by atoms with Crippen LogP contribution in [0.4, 0.5) is 5.69 Å². The van der Waals surface area contributed by atoms with E-state index in [0.29, 0.717) is 5.92 Å². The van der Waals surface area contributed by atoms with Crippen LogP contribution in [0, 0.1) is 0 Å². The van der Waals surface area contributed by atoms with Crippen molar-refractivity contribution in [2.45, 2.75) is 19.8 Å². The molecule has 0 saturated carbocycles. The molecule has 0 N–H and O–H groups in total. The van der Waals surface area contributed by atoms with Crippen molar-refractivity contribution in [3.63, 3.8) is 0 Å². The van der Waals surface area contributed by atoms with Crippen LogP contribution in [0.5, 0.6) is 0 Å². The molecular weight excluding hydrogens is 242 g/mol. The highest BCUT2D eigenvalue weighted by molar-refractivity contribution is 9.10. The van der Waals surface area contributed by atoms with E-state index < -0.39 is 0 Å². The monoisotopic (exact) mass is 253 g/mol. The van der Waals surface area contributed by atoms with Crippen LogP contribution in [-0.4, -0.2) is 12.5 Å². The number of nitrogens with zero attached hydrogens (tertiary/aromatic N) is 1. The molecule has 1 aromatic carbocycles. The van der Waals surface area contributed by atoms with Gasteiger partial charge < -0.3 is 4.90 Å². The zero-order valence-corrected chi connectivity index (χ0v) is 9.84. The Balaban J connectivity index is 2.51. The topological polar surface area (TPSA) is 20.3 Å². The molecular formula is C11H12BrNO. The third-order valence-corrected chi connectivity index (χ3v) is 3.14. The van der Waals surface area contributed by atoms with Crippen LogP contribution in [0.1, 0.15) is 25.3 Å². The molecule has 74 valence electrons. The fourth-order valence-electron chi connectivity index (χ4n) is 1.94. The maximum atomic E-state index is 11.4. The lowest BCUT2D eigenvalue weighted by Crippen LogP contribution is -2.26. The van der Waals surface area contributed by atoms with E-state index in [9.17, 15) is 4.79 Å². The summed E-state index contributed by atoms with van der Waals surface area (Å²) in [7, 11) is 0. The van der Waals surface area contributed by atoms with Gasteiger partial charge in [0, 0.05) is 29.5 Å². The van der Waals surface area contributed by atoms with Gasteiger partial charge in [-0.3, -0.25) is 4.79 Å². The van der Waals surface area contributed by atoms with Crippen LogP contribution in [0.3, 0.4) is 0 Å². The molecule has 0 bridgehead atoms. The SMILES string of the molecule is CC(=O)N1CC(C)c2ccc(Br)cc21. The highest BCUT2D eigenvalue weighted by Crippen LogP contribution is 2.37. The minimum absolute atomic E-state index is 0.119. The number of amides is 1. The van der Waals surface area contributed by atoms with Gasteiger partial charge in [-0.05, 0) is 17.7 Å². The summed E-state index contributed by atoms with van der Waals surface area (Å²) in [5.41, 5.74) is 2.32. The zero-order valence-electron chi connectivity index (χ0n) is 8.25. The largest absolute Gasteiger partial charge is 0.312 e. The van der Waals surface area contributed by atoms with Gasteiger partial charge in [0.1, 0.15) is 0 Å². The summed E-state index contributed by atoms with van der Waals surface area (Å²) in [5.74, 6) is 0.565. The van der Waals surface area contributed by atoms with Crippen LogP contribution in [0.25, 0.3) is 0 Å². The van der Waals surface area contributed by atoms with E-state index in [-0.39, 0.29) is 5.91 Å². The molecule has 3 heteroatoms. The number of fused-ring (bicyclic) bond motifs is 1. The average molecular weight is 254 g/mol. The number of carbonyl (C=O) groups is 1. The van der Waals surface area contributed by atoms with Crippen molar-refractivity contribution in [3.8, 4) is 0 Å². The van der Waals surface area contributed by atoms with E-state index in [1.165, 1.54) is 5.56 Å². The number of benzene rings is 1. The Hall–Kier alpha value is -0.830. The van der Waals surface area contributed by atoms with Crippen molar-refractivity contribution in [1.29, 1.82) is 0 Å². The maximum Gasteiger partial charge on any atom is 0.223 e. The number of hydrogen-bond donors (Lipinski definition) is 0. The molecule has 1 heterocycles. The maximum absolute atomic E-state index is 11.4. The van der Waals surface area contributed by atoms with Crippen molar-refractivity contribution in [3.05, 3.63) is 28.2 Å². The first-order valence-electron chi connectivity index (χ1n) is 4.67. The summed E-state index contributed by atoms with van der Waals surface area (Å²) in [6, 6.07) is 6.13. The molecule has 1 atom stereocenters. The third-order valence-electron chi connectivity index (χ3n) is 2.65. The molecule has 0 aliphatic carbocycles. The van der Waals surface area contributed by atoms with E-state index in [4.69, 9.17) is 0 Å². The number of anilines is 1. The van der Waals surface area contributed by atoms with E-state index in [1.54, 1.807) is 6.92 Å². The van der Waals surface area contributed by atoms with Crippen molar-refractivity contribution >= 4 is 27.5 Å². The minimum Gasteiger partial charge on any atom is -0.312 e. The van der Waals surface area contributed by atoms with Crippen LogP contribution in [0.2, 0.25) is 0 Å². The molecule has 1 amide bonds. The number of halogens is 1. The first-order chi connectivity index (χ1) is 6.59. The molecule has 2 nitrogen and oxygen atoms in total. The van der Waals surface area contributed by atoms with Gasteiger partial charge in [-0.15, -0.1) is 0 Å². The normalized spacial score (nSPS) is 19.6. The molecule has 2 rings (SSSR count). The van der Waals surface area contributed by atoms with E-state index in [0.717, 1.165) is 16.7 Å². The highest BCUT2D eigenvalue weighted by Gasteiger charge is 2.27. The van der Waals surface area contributed by atoms with Crippen LogP contribution >= 0.6 is 15.9 Å². The second-order valence-corrected chi connectivity index (χ2v) is 4.65. The number of carbonyl (C=O) groups excluding carboxylic acids is 1. The Morgan fingerprint density at radius 1 is 1.57 bits per heavy atom. The molecule has 1 aliphatic rings. The predicted molar refractivity (Wildman–Crippen MR) is 60.6 cm³/mol. The smallest absolute Gasteiger partial charge is 0.223 e. The van der Waals surface area contributed by atoms with Gasteiger partial charge >= 0.3 is 0 Å². The quantitative estimate of drug-likeness (QED) is 0.697. The van der Waals surface area contributed by atoms with Gasteiger partial charge in [-0.25, -0.2) is 0 Å². The van der Waals surface area contributed by atoms with Crippen molar-refractivity contribution in [2.24, 2.45) is 0 Å². The van der Waals surface area contributed by atoms with Gasteiger partial charge in [-0.1, -0.05) is 28.9 Å². The molecule has 1 aromatic rings. The Bertz CT molecular complexity index is 389. The first kappa shape index (κ1) is 9.71. The molecule has 14 heavy (non-hydrogen) atoms. The van der Waals surface area contributed by atoms with E-state index in [1.807, 2.05) is 17.0 Å². The Labute approximate surface area is 92.0 Å². The second-order valence-electron chi connectivity index (χ2n) is 3.73. The van der Waals surface area contributed by atoms with Gasteiger partial charge in [0.2, 0.25) is 5.91 Å². The minimum atomic E-state index is 0.119. The molecule has 0 radical (unpaired) electrons. The summed E-state index contributed by atoms with van der Waals surface area (Å²) < 4.78 is 1.02. The molecule has 0 spiro atoms. The Morgan fingerprint density at radius 2 is 2.29 bits per heavy atom. The average Bonchev–Trinajstić information content (AvgIpc) is 2.43. The molecule has 1 aliphatic heterocycles. The zero-order chi connectivity index (χ0) is 10.3. The van der Waals surface area contributed by atoms with Crippen molar-refractivity contribution in [1.82, 2.24) is 0 Å². The number of rotatable bonds is 0. The van der Waals surface area contributed by atoms with Gasteiger partial charge in [0.25, 0.3) is 0 Å². The standard InChI is InChI=1S/C11H12BrNO/c1-7-6-13(8(2)14)11-5-9(12)3-4-10(7)11/h3-5,7H,6H2,1-2H3. The summed E-state index contributed by atoms with van der Waals surface area (Å²) in [5, 5.41) is 0. The van der Waals surface area contributed by atoms with Crippen LogP contribution in [0.15, 0.2) is 22.7 Å². The van der Waals surface area contributed by atoms with Gasteiger partial charge in [0.05, 0.1) is 0 Å². The second kappa shape index (κ2) is 3.39. The first-order valence-corrected chi connectivity index (χ1v) is 5.46. The summed E-state index contributed by atoms with van der Waals surface area (Å²) in [4.78, 5) is 13.2. The third kappa shape index (κ3) is 1.46. The summed E-state index contributed by atoms with van der Waals surface area (Å²) in [6.45, 7) is 4.57. The summed E-state index contributed by atoms with van der Waals surface area (Å²) in [6.07, 6.45) is 0. The van der Waals surface area contributed by atoms with Crippen molar-refractivity contribution < 1.29 is 4.79 Å². The lowest BCUT2D eigenvalue weighted by atomic mass is 10.0. The predicted octanol–water partition coefficient (Wildman–Crippen LogP) is 2.92. The Kier molecular flexibility index (Phi) is 2.35.